The van der Waals surface area contributed by atoms with Gasteiger partial charge < -0.3 is 10.1 Å². The molecule has 0 saturated heterocycles. The third-order valence-electron chi connectivity index (χ3n) is 3.38. The van der Waals surface area contributed by atoms with Crippen molar-refractivity contribution in [3.63, 3.8) is 0 Å². The number of nitrogens with zero attached hydrogens (tertiary/aromatic N) is 2. The van der Waals surface area contributed by atoms with Crippen molar-refractivity contribution >= 4 is 36.1 Å². The van der Waals surface area contributed by atoms with Gasteiger partial charge in [-0.1, -0.05) is 6.92 Å². The van der Waals surface area contributed by atoms with Crippen molar-refractivity contribution in [1.82, 2.24) is 9.38 Å². The van der Waals surface area contributed by atoms with Crippen LogP contribution < -0.4 is 5.73 Å². The molecular formula is C12H17Cl2N3. The topological polar surface area (TPSA) is 43.3 Å². The van der Waals surface area contributed by atoms with Gasteiger partial charge in [-0.2, -0.15) is 0 Å². The van der Waals surface area contributed by atoms with Crippen LogP contribution in [0.3, 0.4) is 0 Å². The molecule has 3 rings (SSSR count). The third kappa shape index (κ3) is 2.22. The van der Waals surface area contributed by atoms with Crippen molar-refractivity contribution in [2.45, 2.75) is 26.2 Å². The first-order valence-corrected chi connectivity index (χ1v) is 5.41. The molecule has 0 radical (unpaired) electrons. The Balaban J connectivity index is 0.000000722. The van der Waals surface area contributed by atoms with Gasteiger partial charge in [-0.25, -0.2) is 4.98 Å². The monoisotopic (exact) mass is 273 g/mol. The van der Waals surface area contributed by atoms with Crippen LogP contribution in [0.25, 0.3) is 5.65 Å². The first-order valence-electron chi connectivity index (χ1n) is 5.41. The molecule has 0 unspecified atom stereocenters. The molecule has 2 N–H and O–H groups in total. The summed E-state index contributed by atoms with van der Waals surface area (Å²) >= 11 is 0. The molecular weight excluding hydrogens is 257 g/mol. The van der Waals surface area contributed by atoms with Gasteiger partial charge in [0.2, 0.25) is 0 Å². The Kier molecular flexibility index (Phi) is 3.95. The SMILES string of the molecule is Cc1c([C@@H]2C[C@H]2C)nc2ccc(N)cn12.Cl.Cl. The minimum atomic E-state index is 0. The van der Waals surface area contributed by atoms with Crippen LogP contribution in [-0.2, 0) is 0 Å². The number of halogens is 2. The minimum absolute atomic E-state index is 0. The molecule has 1 aliphatic rings. The molecule has 94 valence electrons. The Morgan fingerprint density at radius 3 is 2.59 bits per heavy atom. The molecule has 0 spiro atoms. The Morgan fingerprint density at radius 2 is 2.00 bits per heavy atom. The lowest BCUT2D eigenvalue weighted by Crippen LogP contribution is -1.92. The second-order valence-corrected chi connectivity index (χ2v) is 4.59. The highest BCUT2D eigenvalue weighted by Crippen LogP contribution is 2.47. The zero-order chi connectivity index (χ0) is 10.6. The summed E-state index contributed by atoms with van der Waals surface area (Å²) in [7, 11) is 0. The molecule has 2 aromatic rings. The molecule has 1 fully saturated rings. The summed E-state index contributed by atoms with van der Waals surface area (Å²) in [6, 6.07) is 3.89. The van der Waals surface area contributed by atoms with E-state index in [1.807, 2.05) is 18.3 Å². The predicted octanol–water partition coefficient (Wildman–Crippen LogP) is 3.19. The first kappa shape index (κ1) is 14.1. The molecule has 2 heterocycles. The lowest BCUT2D eigenvalue weighted by Gasteiger charge is -1.98. The summed E-state index contributed by atoms with van der Waals surface area (Å²) in [5.74, 6) is 1.47. The fraction of sp³-hybridized carbons (Fsp3) is 0.417. The lowest BCUT2D eigenvalue weighted by molar-refractivity contribution is 0.883. The van der Waals surface area contributed by atoms with Gasteiger partial charge in [0.05, 0.1) is 5.69 Å². The highest BCUT2D eigenvalue weighted by molar-refractivity contribution is 5.85. The highest BCUT2D eigenvalue weighted by Gasteiger charge is 2.37. The first-order chi connectivity index (χ1) is 7.16. The highest BCUT2D eigenvalue weighted by atomic mass is 35.5. The Morgan fingerprint density at radius 1 is 1.35 bits per heavy atom. The van der Waals surface area contributed by atoms with Crippen molar-refractivity contribution in [3.8, 4) is 0 Å². The van der Waals surface area contributed by atoms with Crippen molar-refractivity contribution in [1.29, 1.82) is 0 Å². The predicted molar refractivity (Wildman–Crippen MR) is 75.4 cm³/mol. The number of aryl methyl sites for hydroxylation is 1. The minimum Gasteiger partial charge on any atom is -0.398 e. The largest absolute Gasteiger partial charge is 0.398 e. The van der Waals surface area contributed by atoms with Gasteiger partial charge >= 0.3 is 0 Å². The number of pyridine rings is 1. The van der Waals surface area contributed by atoms with Crippen molar-refractivity contribution in [2.24, 2.45) is 5.92 Å². The number of anilines is 1. The number of nitrogens with two attached hydrogens (primary N) is 1. The number of imidazole rings is 1. The van der Waals surface area contributed by atoms with Gasteiger partial charge in [0, 0.05) is 23.5 Å². The van der Waals surface area contributed by atoms with Gasteiger partial charge in [-0.05, 0) is 31.4 Å². The van der Waals surface area contributed by atoms with E-state index in [-0.39, 0.29) is 24.8 Å². The lowest BCUT2D eigenvalue weighted by atomic mass is 10.2. The normalized spacial score (nSPS) is 21.8. The second-order valence-electron chi connectivity index (χ2n) is 4.59. The van der Waals surface area contributed by atoms with Gasteiger partial charge in [-0.15, -0.1) is 24.8 Å². The van der Waals surface area contributed by atoms with E-state index in [1.54, 1.807) is 0 Å². The van der Waals surface area contributed by atoms with Crippen LogP contribution in [-0.4, -0.2) is 9.38 Å². The molecule has 1 aliphatic carbocycles. The summed E-state index contributed by atoms with van der Waals surface area (Å²) < 4.78 is 2.09. The molecule has 1 saturated carbocycles. The quantitative estimate of drug-likeness (QED) is 0.867. The van der Waals surface area contributed by atoms with Crippen LogP contribution in [0.1, 0.15) is 30.7 Å². The fourth-order valence-electron chi connectivity index (χ4n) is 2.25. The van der Waals surface area contributed by atoms with E-state index in [4.69, 9.17) is 5.73 Å². The maximum Gasteiger partial charge on any atom is 0.137 e. The van der Waals surface area contributed by atoms with Crippen molar-refractivity contribution in [3.05, 3.63) is 29.7 Å². The summed E-state index contributed by atoms with van der Waals surface area (Å²) in [4.78, 5) is 4.67. The summed E-state index contributed by atoms with van der Waals surface area (Å²) in [5.41, 5.74) is 10.1. The smallest absolute Gasteiger partial charge is 0.137 e. The van der Waals surface area contributed by atoms with Crippen LogP contribution >= 0.6 is 24.8 Å². The standard InChI is InChI=1S/C12H15N3.2ClH/c1-7-5-10(7)12-8(2)15-6-9(13)3-4-11(15)14-12;;/h3-4,6-7,10H,5,13H2,1-2H3;2*1H/t7-,10-;;/m1../s1. The van der Waals surface area contributed by atoms with Gasteiger partial charge in [0.15, 0.2) is 0 Å². The molecule has 17 heavy (non-hydrogen) atoms. The molecule has 5 heteroatoms. The summed E-state index contributed by atoms with van der Waals surface area (Å²) in [6.07, 6.45) is 3.23. The van der Waals surface area contributed by atoms with Gasteiger partial charge in [0.1, 0.15) is 5.65 Å². The van der Waals surface area contributed by atoms with E-state index in [0.29, 0.717) is 5.92 Å². The number of fused-ring (bicyclic) bond motifs is 1. The van der Waals surface area contributed by atoms with Crippen LogP contribution in [0.5, 0.6) is 0 Å². The van der Waals surface area contributed by atoms with E-state index in [2.05, 4.69) is 23.2 Å². The van der Waals surface area contributed by atoms with Crippen molar-refractivity contribution in [2.75, 3.05) is 5.73 Å². The number of aromatic nitrogens is 2. The number of rotatable bonds is 1. The van der Waals surface area contributed by atoms with Crippen molar-refractivity contribution < 1.29 is 0 Å². The molecule has 2 aromatic heterocycles. The number of hydrogen-bond donors (Lipinski definition) is 1. The van der Waals surface area contributed by atoms with Crippen LogP contribution in [0, 0.1) is 12.8 Å². The van der Waals surface area contributed by atoms with Gasteiger partial charge in [-0.3, -0.25) is 0 Å². The second kappa shape index (κ2) is 4.75. The zero-order valence-corrected chi connectivity index (χ0v) is 11.5. The van der Waals surface area contributed by atoms with E-state index in [9.17, 15) is 0 Å². The van der Waals surface area contributed by atoms with E-state index in [1.165, 1.54) is 17.8 Å². The maximum atomic E-state index is 5.77. The number of hydrogen-bond acceptors (Lipinski definition) is 2. The van der Waals surface area contributed by atoms with E-state index >= 15 is 0 Å². The van der Waals surface area contributed by atoms with Crippen LogP contribution in [0.4, 0.5) is 5.69 Å². The molecule has 3 nitrogen and oxygen atoms in total. The van der Waals surface area contributed by atoms with Gasteiger partial charge in [0.25, 0.3) is 0 Å². The Bertz CT molecular complexity index is 536. The molecule has 0 amide bonds. The average Bonchev–Trinajstić information content (AvgIpc) is 2.84. The molecule has 2 atom stereocenters. The molecule has 0 aliphatic heterocycles. The summed E-state index contributed by atoms with van der Waals surface area (Å²) in [6.45, 7) is 4.41. The zero-order valence-electron chi connectivity index (χ0n) is 9.88. The molecule has 0 bridgehead atoms. The van der Waals surface area contributed by atoms with E-state index in [0.717, 1.165) is 17.3 Å². The maximum absolute atomic E-state index is 5.77. The fourth-order valence-corrected chi connectivity index (χ4v) is 2.25. The number of nitrogen functional groups attached to an aromatic ring is 1. The Labute approximate surface area is 113 Å². The molecule has 0 aromatic carbocycles. The average molecular weight is 274 g/mol. The third-order valence-corrected chi connectivity index (χ3v) is 3.38. The van der Waals surface area contributed by atoms with E-state index < -0.39 is 0 Å². The van der Waals surface area contributed by atoms with Crippen LogP contribution in [0.2, 0.25) is 0 Å². The summed E-state index contributed by atoms with van der Waals surface area (Å²) in [5, 5.41) is 0. The Hall–Kier alpha value is -0.930. The van der Waals surface area contributed by atoms with Crippen LogP contribution in [0.15, 0.2) is 18.3 Å².